The summed E-state index contributed by atoms with van der Waals surface area (Å²) in [5.41, 5.74) is 1.04. The van der Waals surface area contributed by atoms with Crippen molar-refractivity contribution >= 4 is 28.3 Å². The van der Waals surface area contributed by atoms with Crippen molar-refractivity contribution in [3.63, 3.8) is 0 Å². The smallest absolute Gasteiger partial charge is 0.124 e. The van der Waals surface area contributed by atoms with E-state index in [4.69, 9.17) is 0 Å². The Morgan fingerprint density at radius 2 is 2.12 bits per heavy atom. The summed E-state index contributed by atoms with van der Waals surface area (Å²) in [5.74, 6) is 0.568. The molecule has 0 aliphatic carbocycles. The van der Waals surface area contributed by atoms with Gasteiger partial charge in [0.2, 0.25) is 0 Å². The van der Waals surface area contributed by atoms with Gasteiger partial charge in [0.05, 0.1) is 0 Å². The Hall–Kier alpha value is -0.360. The predicted octanol–water partition coefficient (Wildman–Crippen LogP) is 2.84. The second-order valence-corrected chi connectivity index (χ2v) is 5.36. The summed E-state index contributed by atoms with van der Waals surface area (Å²) in [7, 11) is 0. The highest BCUT2D eigenvalue weighted by molar-refractivity contribution is 14.1. The highest BCUT2D eigenvalue weighted by Gasteiger charge is 2.12. The summed E-state index contributed by atoms with van der Waals surface area (Å²) < 4.78 is 13.9. The molecule has 4 heteroatoms. The third-order valence-electron chi connectivity index (χ3n) is 2.97. The second kappa shape index (κ2) is 5.82. The fourth-order valence-electron chi connectivity index (χ4n) is 1.97. The maximum Gasteiger partial charge on any atom is 0.124 e. The van der Waals surface area contributed by atoms with E-state index >= 15 is 0 Å². The lowest BCUT2D eigenvalue weighted by atomic mass is 9.98. The number of benzene rings is 1. The van der Waals surface area contributed by atoms with E-state index in [1.807, 2.05) is 6.07 Å². The SMILES string of the molecule is Fc1ccc(NCC2CCNCC2)c(I)c1. The lowest BCUT2D eigenvalue weighted by molar-refractivity contribution is 0.390. The first kappa shape index (κ1) is 12.1. The van der Waals surface area contributed by atoms with Crippen LogP contribution in [0.15, 0.2) is 18.2 Å². The largest absolute Gasteiger partial charge is 0.384 e. The summed E-state index contributed by atoms with van der Waals surface area (Å²) >= 11 is 2.17. The first-order valence-corrected chi connectivity index (χ1v) is 6.73. The molecule has 1 aromatic carbocycles. The monoisotopic (exact) mass is 334 g/mol. The molecule has 1 saturated heterocycles. The van der Waals surface area contributed by atoms with Crippen LogP contribution in [0.3, 0.4) is 0 Å². The zero-order valence-corrected chi connectivity index (χ0v) is 11.3. The summed E-state index contributed by atoms with van der Waals surface area (Å²) in [5, 5.41) is 6.76. The van der Waals surface area contributed by atoms with Gasteiger partial charge in [0, 0.05) is 15.8 Å². The van der Waals surface area contributed by atoms with E-state index in [1.54, 1.807) is 6.07 Å². The summed E-state index contributed by atoms with van der Waals surface area (Å²) in [6.45, 7) is 3.23. The molecule has 88 valence electrons. The fraction of sp³-hybridized carbons (Fsp3) is 0.500. The van der Waals surface area contributed by atoms with Gasteiger partial charge < -0.3 is 10.6 Å². The molecular weight excluding hydrogens is 318 g/mol. The second-order valence-electron chi connectivity index (χ2n) is 4.20. The van der Waals surface area contributed by atoms with Crippen LogP contribution in [0, 0.1) is 15.3 Å². The standard InChI is InChI=1S/C12H16FIN2/c13-10-1-2-12(11(14)7-10)16-8-9-3-5-15-6-4-9/h1-2,7,9,15-16H,3-6,8H2. The Balaban J connectivity index is 1.88. The minimum Gasteiger partial charge on any atom is -0.384 e. The summed E-state index contributed by atoms with van der Waals surface area (Å²) in [4.78, 5) is 0. The molecule has 0 radical (unpaired) electrons. The van der Waals surface area contributed by atoms with Crippen LogP contribution in [0.5, 0.6) is 0 Å². The van der Waals surface area contributed by atoms with Gasteiger partial charge in [0.15, 0.2) is 0 Å². The molecule has 2 rings (SSSR count). The van der Waals surface area contributed by atoms with E-state index in [9.17, 15) is 4.39 Å². The molecule has 0 amide bonds. The number of hydrogen-bond acceptors (Lipinski definition) is 2. The number of rotatable bonds is 3. The van der Waals surface area contributed by atoms with Gasteiger partial charge in [-0.25, -0.2) is 4.39 Å². The fourth-order valence-corrected chi connectivity index (χ4v) is 2.64. The van der Waals surface area contributed by atoms with Crippen LogP contribution in [-0.4, -0.2) is 19.6 Å². The van der Waals surface area contributed by atoms with E-state index in [1.165, 1.54) is 18.9 Å². The van der Waals surface area contributed by atoms with Crippen LogP contribution < -0.4 is 10.6 Å². The molecule has 2 nitrogen and oxygen atoms in total. The minimum atomic E-state index is -0.170. The molecule has 0 aromatic heterocycles. The molecule has 16 heavy (non-hydrogen) atoms. The van der Waals surface area contributed by atoms with Crippen molar-refractivity contribution in [2.24, 2.45) is 5.92 Å². The maximum absolute atomic E-state index is 12.9. The van der Waals surface area contributed by atoms with E-state index in [2.05, 4.69) is 33.2 Å². The Morgan fingerprint density at radius 1 is 1.38 bits per heavy atom. The summed E-state index contributed by atoms with van der Waals surface area (Å²) in [6, 6.07) is 4.89. The molecule has 1 aliphatic heterocycles. The number of halogens is 2. The first-order valence-electron chi connectivity index (χ1n) is 5.65. The van der Waals surface area contributed by atoms with Gasteiger partial charge in [-0.15, -0.1) is 0 Å². The highest BCUT2D eigenvalue weighted by atomic mass is 127. The van der Waals surface area contributed by atoms with Crippen molar-refractivity contribution in [1.82, 2.24) is 5.32 Å². The van der Waals surface area contributed by atoms with E-state index in [0.717, 1.165) is 34.8 Å². The number of hydrogen-bond donors (Lipinski definition) is 2. The number of anilines is 1. The third-order valence-corrected chi connectivity index (χ3v) is 3.86. The van der Waals surface area contributed by atoms with Crippen LogP contribution in [0.4, 0.5) is 10.1 Å². The van der Waals surface area contributed by atoms with Crippen molar-refractivity contribution in [2.45, 2.75) is 12.8 Å². The Bertz CT molecular complexity index is 351. The Labute approximate surface area is 109 Å². The highest BCUT2D eigenvalue weighted by Crippen LogP contribution is 2.20. The summed E-state index contributed by atoms with van der Waals surface area (Å²) in [6.07, 6.45) is 2.45. The van der Waals surface area contributed by atoms with Crippen LogP contribution in [-0.2, 0) is 0 Å². The normalized spacial score (nSPS) is 17.4. The van der Waals surface area contributed by atoms with Crippen LogP contribution >= 0.6 is 22.6 Å². The molecule has 0 bridgehead atoms. The van der Waals surface area contributed by atoms with Gasteiger partial charge in [0.25, 0.3) is 0 Å². The lowest BCUT2D eigenvalue weighted by Crippen LogP contribution is -2.31. The molecule has 1 aromatic rings. The molecule has 1 aliphatic rings. The molecular formula is C12H16FIN2. The average molecular weight is 334 g/mol. The number of nitrogens with one attached hydrogen (secondary N) is 2. The molecule has 0 saturated carbocycles. The van der Waals surface area contributed by atoms with Crippen molar-refractivity contribution < 1.29 is 4.39 Å². The minimum absolute atomic E-state index is 0.170. The zero-order chi connectivity index (χ0) is 11.4. The van der Waals surface area contributed by atoms with Crippen LogP contribution in [0.25, 0.3) is 0 Å². The molecule has 1 fully saturated rings. The molecule has 0 atom stereocenters. The van der Waals surface area contributed by atoms with Crippen LogP contribution in [0.2, 0.25) is 0 Å². The van der Waals surface area contributed by atoms with Gasteiger partial charge in [-0.3, -0.25) is 0 Å². The third kappa shape index (κ3) is 3.31. The zero-order valence-electron chi connectivity index (χ0n) is 9.10. The van der Waals surface area contributed by atoms with E-state index < -0.39 is 0 Å². The van der Waals surface area contributed by atoms with Gasteiger partial charge in [0.1, 0.15) is 5.82 Å². The Morgan fingerprint density at radius 3 is 2.81 bits per heavy atom. The molecule has 1 heterocycles. The van der Waals surface area contributed by atoms with Gasteiger partial charge in [-0.1, -0.05) is 0 Å². The maximum atomic E-state index is 12.9. The molecule has 0 spiro atoms. The van der Waals surface area contributed by atoms with Crippen molar-refractivity contribution in [3.8, 4) is 0 Å². The van der Waals surface area contributed by atoms with E-state index in [-0.39, 0.29) is 5.82 Å². The van der Waals surface area contributed by atoms with E-state index in [0.29, 0.717) is 0 Å². The van der Waals surface area contributed by atoms with Crippen molar-refractivity contribution in [1.29, 1.82) is 0 Å². The van der Waals surface area contributed by atoms with Gasteiger partial charge in [-0.2, -0.15) is 0 Å². The van der Waals surface area contributed by atoms with Crippen molar-refractivity contribution in [3.05, 3.63) is 27.6 Å². The topological polar surface area (TPSA) is 24.1 Å². The Kier molecular flexibility index (Phi) is 4.40. The number of piperidine rings is 1. The van der Waals surface area contributed by atoms with Gasteiger partial charge in [-0.05, 0) is 72.6 Å². The quantitative estimate of drug-likeness (QED) is 0.831. The lowest BCUT2D eigenvalue weighted by Gasteiger charge is -2.23. The van der Waals surface area contributed by atoms with Crippen LogP contribution in [0.1, 0.15) is 12.8 Å². The first-order chi connectivity index (χ1) is 7.75. The molecule has 2 N–H and O–H groups in total. The predicted molar refractivity (Wildman–Crippen MR) is 73.2 cm³/mol. The van der Waals surface area contributed by atoms with Gasteiger partial charge >= 0.3 is 0 Å². The van der Waals surface area contributed by atoms with Crippen molar-refractivity contribution in [2.75, 3.05) is 25.0 Å². The average Bonchev–Trinajstić information content (AvgIpc) is 2.29. The molecule has 0 unspecified atom stereocenters.